The van der Waals surface area contributed by atoms with Crippen molar-refractivity contribution in [1.29, 1.82) is 0 Å². The summed E-state index contributed by atoms with van der Waals surface area (Å²) in [5.41, 5.74) is 3.41. The van der Waals surface area contributed by atoms with E-state index in [1.807, 2.05) is 66.7 Å². The zero-order valence-electron chi connectivity index (χ0n) is 12.0. The minimum absolute atomic E-state index is 0.639. The Balaban J connectivity index is 1.99. The number of halogens is 2. The van der Waals surface area contributed by atoms with Crippen molar-refractivity contribution in [2.24, 2.45) is 4.99 Å². The number of hydrogen-bond donors (Lipinski definition) is 0. The number of fused-ring (bicyclic) bond motifs is 2. The predicted molar refractivity (Wildman–Crippen MR) is 94.7 cm³/mol. The Kier molecular flexibility index (Phi) is 3.56. The molecule has 4 rings (SSSR count). The fourth-order valence-electron chi connectivity index (χ4n) is 2.54. The van der Waals surface area contributed by atoms with Gasteiger partial charge in [-0.3, -0.25) is 0 Å². The van der Waals surface area contributed by atoms with Gasteiger partial charge in [-0.05, 0) is 42.5 Å². The molecule has 23 heavy (non-hydrogen) atoms. The van der Waals surface area contributed by atoms with E-state index in [2.05, 4.69) is 0 Å². The number of nitrogens with zero attached hydrogens (tertiary/aromatic N) is 1. The zero-order valence-corrected chi connectivity index (χ0v) is 13.5. The summed E-state index contributed by atoms with van der Waals surface area (Å²) < 4.78 is 6.03. The Bertz CT molecular complexity index is 917. The van der Waals surface area contributed by atoms with Crippen LogP contribution in [0.5, 0.6) is 11.5 Å². The summed E-state index contributed by atoms with van der Waals surface area (Å²) in [6.45, 7) is 0. The van der Waals surface area contributed by atoms with E-state index < -0.39 is 0 Å². The topological polar surface area (TPSA) is 21.6 Å². The van der Waals surface area contributed by atoms with Crippen molar-refractivity contribution in [3.05, 3.63) is 87.9 Å². The van der Waals surface area contributed by atoms with Crippen LogP contribution in [-0.2, 0) is 0 Å². The molecule has 0 aromatic heterocycles. The molecular formula is C19H11Cl2NO. The monoisotopic (exact) mass is 339 g/mol. The van der Waals surface area contributed by atoms with Gasteiger partial charge in [0.25, 0.3) is 0 Å². The van der Waals surface area contributed by atoms with E-state index in [0.717, 1.165) is 34.0 Å². The van der Waals surface area contributed by atoms with Gasteiger partial charge in [-0.15, -0.1) is 0 Å². The van der Waals surface area contributed by atoms with Crippen LogP contribution in [0.4, 0.5) is 5.69 Å². The molecule has 0 spiro atoms. The molecule has 0 saturated heterocycles. The molecule has 112 valence electrons. The third kappa shape index (κ3) is 2.72. The summed E-state index contributed by atoms with van der Waals surface area (Å²) in [6.07, 6.45) is 0. The number of ether oxygens (including phenoxy) is 1. The zero-order chi connectivity index (χ0) is 15.8. The van der Waals surface area contributed by atoms with E-state index in [0.29, 0.717) is 10.0 Å². The maximum absolute atomic E-state index is 6.19. The fraction of sp³-hybridized carbons (Fsp3) is 0. The van der Waals surface area contributed by atoms with Gasteiger partial charge >= 0.3 is 0 Å². The maximum Gasteiger partial charge on any atom is 0.153 e. The summed E-state index contributed by atoms with van der Waals surface area (Å²) in [5.74, 6) is 1.45. The standard InChI is InChI=1S/C19H11Cl2NO/c20-13-7-5-12(6-8-13)19-15-11-14(21)9-10-17(15)23-18-4-2-1-3-16(18)22-19/h1-11H. The van der Waals surface area contributed by atoms with Gasteiger partial charge in [-0.25, -0.2) is 4.99 Å². The van der Waals surface area contributed by atoms with E-state index in [4.69, 9.17) is 32.9 Å². The summed E-state index contributed by atoms with van der Waals surface area (Å²) in [7, 11) is 0. The molecule has 3 aromatic rings. The van der Waals surface area contributed by atoms with Gasteiger partial charge in [0, 0.05) is 21.2 Å². The van der Waals surface area contributed by atoms with Crippen LogP contribution in [0.15, 0.2) is 71.7 Å². The molecule has 2 nitrogen and oxygen atoms in total. The Morgan fingerprint density at radius 2 is 1.48 bits per heavy atom. The molecule has 1 heterocycles. The normalized spacial score (nSPS) is 12.5. The third-order valence-electron chi connectivity index (χ3n) is 3.63. The van der Waals surface area contributed by atoms with Crippen molar-refractivity contribution in [3.63, 3.8) is 0 Å². The second-order valence-corrected chi connectivity index (χ2v) is 6.05. The van der Waals surface area contributed by atoms with Gasteiger partial charge in [0.05, 0.1) is 5.71 Å². The molecular weight excluding hydrogens is 329 g/mol. The van der Waals surface area contributed by atoms with Crippen molar-refractivity contribution in [3.8, 4) is 11.5 Å². The largest absolute Gasteiger partial charge is 0.454 e. The van der Waals surface area contributed by atoms with Crippen molar-refractivity contribution in [2.45, 2.75) is 0 Å². The lowest BCUT2D eigenvalue weighted by atomic mass is 10.0. The Labute approximate surface area is 144 Å². The molecule has 0 amide bonds. The Hall–Kier alpha value is -2.29. The van der Waals surface area contributed by atoms with Crippen LogP contribution < -0.4 is 4.74 Å². The number of rotatable bonds is 1. The molecule has 0 unspecified atom stereocenters. The molecule has 0 atom stereocenters. The predicted octanol–water partition coefficient (Wildman–Crippen LogP) is 6.27. The maximum atomic E-state index is 6.19. The smallest absolute Gasteiger partial charge is 0.153 e. The lowest BCUT2D eigenvalue weighted by Crippen LogP contribution is -2.03. The Morgan fingerprint density at radius 3 is 2.30 bits per heavy atom. The lowest BCUT2D eigenvalue weighted by molar-refractivity contribution is 0.485. The first-order chi connectivity index (χ1) is 11.2. The first kappa shape index (κ1) is 14.3. The summed E-state index contributed by atoms with van der Waals surface area (Å²) in [5, 5.41) is 1.32. The van der Waals surface area contributed by atoms with Gasteiger partial charge in [0.15, 0.2) is 5.75 Å². The van der Waals surface area contributed by atoms with Crippen LogP contribution in [0.3, 0.4) is 0 Å². The van der Waals surface area contributed by atoms with Crippen LogP contribution in [0, 0.1) is 0 Å². The second kappa shape index (κ2) is 5.73. The molecule has 1 aliphatic heterocycles. The van der Waals surface area contributed by atoms with Crippen molar-refractivity contribution in [2.75, 3.05) is 0 Å². The highest BCUT2D eigenvalue weighted by atomic mass is 35.5. The average Bonchev–Trinajstić information content (AvgIpc) is 2.72. The first-order valence-corrected chi connectivity index (χ1v) is 7.88. The van der Waals surface area contributed by atoms with Crippen LogP contribution in [0.1, 0.15) is 11.1 Å². The van der Waals surface area contributed by atoms with Gasteiger partial charge in [0.2, 0.25) is 0 Å². The van der Waals surface area contributed by atoms with Crippen LogP contribution in [-0.4, -0.2) is 5.71 Å². The summed E-state index contributed by atoms with van der Waals surface area (Å²) in [4.78, 5) is 4.81. The van der Waals surface area contributed by atoms with E-state index >= 15 is 0 Å². The highest BCUT2D eigenvalue weighted by Gasteiger charge is 2.19. The number of para-hydroxylation sites is 2. The van der Waals surface area contributed by atoms with Crippen molar-refractivity contribution < 1.29 is 4.74 Å². The van der Waals surface area contributed by atoms with Gasteiger partial charge < -0.3 is 4.74 Å². The molecule has 0 bridgehead atoms. The lowest BCUT2D eigenvalue weighted by Gasteiger charge is -2.10. The minimum Gasteiger partial charge on any atom is -0.454 e. The highest BCUT2D eigenvalue weighted by Crippen LogP contribution is 2.39. The van der Waals surface area contributed by atoms with Crippen molar-refractivity contribution in [1.82, 2.24) is 0 Å². The van der Waals surface area contributed by atoms with E-state index in [9.17, 15) is 0 Å². The first-order valence-electron chi connectivity index (χ1n) is 7.12. The summed E-state index contributed by atoms with van der Waals surface area (Å²) >= 11 is 12.2. The van der Waals surface area contributed by atoms with Crippen LogP contribution in [0.2, 0.25) is 10.0 Å². The van der Waals surface area contributed by atoms with E-state index in [1.54, 1.807) is 0 Å². The van der Waals surface area contributed by atoms with Gasteiger partial charge in [-0.1, -0.05) is 47.5 Å². The third-order valence-corrected chi connectivity index (χ3v) is 4.12. The number of benzene rings is 3. The van der Waals surface area contributed by atoms with E-state index in [1.165, 1.54) is 0 Å². The Morgan fingerprint density at radius 1 is 0.739 bits per heavy atom. The second-order valence-electron chi connectivity index (χ2n) is 5.18. The fourth-order valence-corrected chi connectivity index (χ4v) is 2.84. The van der Waals surface area contributed by atoms with Crippen LogP contribution in [0.25, 0.3) is 0 Å². The van der Waals surface area contributed by atoms with Crippen molar-refractivity contribution >= 4 is 34.6 Å². The molecule has 0 fully saturated rings. The molecule has 0 saturated carbocycles. The molecule has 0 aliphatic carbocycles. The SMILES string of the molecule is Clc1ccc(C2=Nc3ccccc3Oc3ccc(Cl)cc32)cc1. The molecule has 4 heteroatoms. The van der Waals surface area contributed by atoms with Gasteiger partial charge in [0.1, 0.15) is 11.4 Å². The molecule has 0 radical (unpaired) electrons. The quantitative estimate of drug-likeness (QED) is 0.400. The minimum atomic E-state index is 0.639. The molecule has 0 N–H and O–H groups in total. The highest BCUT2D eigenvalue weighted by molar-refractivity contribution is 6.32. The van der Waals surface area contributed by atoms with Gasteiger partial charge in [-0.2, -0.15) is 0 Å². The van der Waals surface area contributed by atoms with E-state index in [-0.39, 0.29) is 0 Å². The number of aliphatic imine (C=N–C) groups is 1. The summed E-state index contributed by atoms with van der Waals surface area (Å²) in [6, 6.07) is 20.8. The van der Waals surface area contributed by atoms with Crippen LogP contribution >= 0.6 is 23.2 Å². The average molecular weight is 340 g/mol. The molecule has 1 aliphatic rings. The number of hydrogen-bond acceptors (Lipinski definition) is 2. The molecule has 3 aromatic carbocycles.